The number of amides is 1. The predicted octanol–water partition coefficient (Wildman–Crippen LogP) is 3.81. The smallest absolute Gasteiger partial charge is 0.251 e. The van der Waals surface area contributed by atoms with E-state index in [4.69, 9.17) is 4.74 Å². The van der Waals surface area contributed by atoms with Gasteiger partial charge in [0.2, 0.25) is 0 Å². The van der Waals surface area contributed by atoms with Crippen LogP contribution in [0, 0.1) is 5.82 Å². The molecule has 6 heteroatoms. The molecule has 28 heavy (non-hydrogen) atoms. The van der Waals surface area contributed by atoms with Crippen molar-refractivity contribution in [3.8, 4) is 5.75 Å². The average Bonchev–Trinajstić information content (AvgIpc) is 2.74. The topological polar surface area (TPSA) is 63.2 Å². The minimum absolute atomic E-state index is 0.176. The van der Waals surface area contributed by atoms with Gasteiger partial charge in [-0.1, -0.05) is 30.3 Å². The first-order valence-corrected chi connectivity index (χ1v) is 9.00. The van der Waals surface area contributed by atoms with Gasteiger partial charge in [-0.15, -0.1) is 0 Å². The van der Waals surface area contributed by atoms with Gasteiger partial charge in [0, 0.05) is 30.4 Å². The molecule has 3 rings (SSSR count). The lowest BCUT2D eigenvalue weighted by molar-refractivity contribution is 0.0954. The third-order valence-corrected chi connectivity index (χ3v) is 4.30. The van der Waals surface area contributed by atoms with E-state index in [1.807, 2.05) is 24.3 Å². The number of halogens is 1. The van der Waals surface area contributed by atoms with Gasteiger partial charge in [-0.2, -0.15) is 0 Å². The number of aromatic nitrogens is 1. The minimum Gasteiger partial charge on any atom is -0.497 e. The largest absolute Gasteiger partial charge is 0.497 e. The van der Waals surface area contributed by atoms with E-state index in [-0.39, 0.29) is 11.7 Å². The van der Waals surface area contributed by atoms with E-state index in [2.05, 4.69) is 15.6 Å². The maximum absolute atomic E-state index is 13.7. The van der Waals surface area contributed by atoms with Gasteiger partial charge in [0.1, 0.15) is 17.4 Å². The van der Waals surface area contributed by atoms with Gasteiger partial charge in [-0.3, -0.25) is 4.79 Å². The molecular formula is C22H22FN3O2. The molecule has 1 aromatic heterocycles. The molecule has 0 atom stereocenters. The van der Waals surface area contributed by atoms with Gasteiger partial charge >= 0.3 is 0 Å². The third-order valence-electron chi connectivity index (χ3n) is 4.30. The Balaban J connectivity index is 1.52. The number of benzene rings is 2. The molecule has 1 heterocycles. The Kier molecular flexibility index (Phi) is 6.57. The first kappa shape index (κ1) is 19.4. The molecule has 0 aliphatic rings. The van der Waals surface area contributed by atoms with Crippen molar-refractivity contribution in [3.05, 3.63) is 89.4 Å². The number of carbonyl (C=O) groups is 1. The number of nitrogens with zero attached hydrogens (tertiary/aromatic N) is 1. The lowest BCUT2D eigenvalue weighted by Crippen LogP contribution is -2.25. The Morgan fingerprint density at radius 3 is 2.64 bits per heavy atom. The first-order chi connectivity index (χ1) is 13.7. The molecule has 0 saturated heterocycles. The van der Waals surface area contributed by atoms with Gasteiger partial charge in [0.15, 0.2) is 0 Å². The van der Waals surface area contributed by atoms with E-state index >= 15 is 0 Å². The van der Waals surface area contributed by atoms with Crippen molar-refractivity contribution >= 4 is 11.7 Å². The second-order valence-electron chi connectivity index (χ2n) is 6.23. The summed E-state index contributed by atoms with van der Waals surface area (Å²) in [6, 6.07) is 17.6. The highest BCUT2D eigenvalue weighted by atomic mass is 19.1. The maximum atomic E-state index is 13.7. The fraction of sp³-hybridized carbons (Fsp3) is 0.182. The number of nitrogens with one attached hydrogen (secondary N) is 2. The number of methoxy groups -OCH3 is 1. The summed E-state index contributed by atoms with van der Waals surface area (Å²) < 4.78 is 18.8. The lowest BCUT2D eigenvalue weighted by Gasteiger charge is -2.09. The third kappa shape index (κ3) is 5.30. The van der Waals surface area contributed by atoms with E-state index in [1.54, 1.807) is 43.6 Å². The molecular weight excluding hydrogens is 357 g/mol. The number of pyridine rings is 1. The minimum atomic E-state index is -0.276. The van der Waals surface area contributed by atoms with Crippen molar-refractivity contribution in [2.75, 3.05) is 19.0 Å². The summed E-state index contributed by atoms with van der Waals surface area (Å²) in [7, 11) is 1.63. The van der Waals surface area contributed by atoms with Crippen LogP contribution in [0.4, 0.5) is 10.2 Å². The van der Waals surface area contributed by atoms with E-state index in [1.165, 1.54) is 6.07 Å². The monoisotopic (exact) mass is 379 g/mol. The highest BCUT2D eigenvalue weighted by Crippen LogP contribution is 2.13. The fourth-order valence-corrected chi connectivity index (χ4v) is 2.71. The van der Waals surface area contributed by atoms with Crippen LogP contribution in [0.3, 0.4) is 0 Å². The SMILES string of the molecule is COc1ccc(CCNC(=O)c2ccnc(NCc3ccccc3F)c2)cc1. The number of hydrogen-bond acceptors (Lipinski definition) is 4. The molecule has 3 aromatic rings. The Labute approximate surface area is 163 Å². The Morgan fingerprint density at radius 1 is 1.11 bits per heavy atom. The van der Waals surface area contributed by atoms with Crippen molar-refractivity contribution in [2.24, 2.45) is 0 Å². The molecule has 0 saturated carbocycles. The van der Waals surface area contributed by atoms with Gasteiger partial charge < -0.3 is 15.4 Å². The summed E-state index contributed by atoms with van der Waals surface area (Å²) in [5, 5.41) is 5.95. The molecule has 5 nitrogen and oxygen atoms in total. The molecule has 0 aliphatic heterocycles. The van der Waals surface area contributed by atoms with Crippen LogP contribution in [0.25, 0.3) is 0 Å². The molecule has 0 spiro atoms. The summed E-state index contributed by atoms with van der Waals surface area (Å²) in [4.78, 5) is 16.6. The summed E-state index contributed by atoms with van der Waals surface area (Å²) in [5.74, 6) is 0.873. The fourth-order valence-electron chi connectivity index (χ4n) is 2.71. The van der Waals surface area contributed by atoms with Crippen LogP contribution < -0.4 is 15.4 Å². The van der Waals surface area contributed by atoms with Gasteiger partial charge in [-0.05, 0) is 42.3 Å². The van der Waals surface area contributed by atoms with Crippen LogP contribution in [-0.4, -0.2) is 24.5 Å². The van der Waals surface area contributed by atoms with Gasteiger partial charge in [0.05, 0.1) is 7.11 Å². The highest BCUT2D eigenvalue weighted by molar-refractivity contribution is 5.94. The van der Waals surface area contributed by atoms with Crippen molar-refractivity contribution < 1.29 is 13.9 Å². The van der Waals surface area contributed by atoms with Gasteiger partial charge in [-0.25, -0.2) is 9.37 Å². The van der Waals surface area contributed by atoms with Crippen LogP contribution in [0.5, 0.6) is 5.75 Å². The van der Waals surface area contributed by atoms with Crippen LogP contribution in [0.2, 0.25) is 0 Å². The summed E-state index contributed by atoms with van der Waals surface area (Å²) in [6.07, 6.45) is 2.28. The summed E-state index contributed by atoms with van der Waals surface area (Å²) in [6.45, 7) is 0.813. The molecule has 0 unspecified atom stereocenters. The number of anilines is 1. The molecule has 0 fully saturated rings. The number of hydrogen-bond donors (Lipinski definition) is 2. The van der Waals surface area contributed by atoms with Crippen LogP contribution >= 0.6 is 0 Å². The number of carbonyl (C=O) groups excluding carboxylic acids is 1. The Bertz CT molecular complexity index is 929. The second-order valence-corrected chi connectivity index (χ2v) is 6.23. The quantitative estimate of drug-likeness (QED) is 0.625. The predicted molar refractivity (Wildman–Crippen MR) is 107 cm³/mol. The molecule has 0 bridgehead atoms. The molecule has 0 aliphatic carbocycles. The normalized spacial score (nSPS) is 10.4. The second kappa shape index (κ2) is 9.50. The lowest BCUT2D eigenvalue weighted by atomic mass is 10.1. The standard InChI is InChI=1S/C22H22FN3O2/c1-28-19-8-6-16(7-9-19)10-12-25-22(27)17-11-13-24-21(14-17)26-15-18-4-2-3-5-20(18)23/h2-9,11,13-14H,10,12,15H2,1H3,(H,24,26)(H,25,27). The Hall–Kier alpha value is -3.41. The van der Waals surface area contributed by atoms with E-state index in [0.717, 1.165) is 17.7 Å². The number of rotatable bonds is 8. The first-order valence-electron chi connectivity index (χ1n) is 9.00. The molecule has 144 valence electrons. The summed E-state index contributed by atoms with van der Waals surface area (Å²) >= 11 is 0. The van der Waals surface area contributed by atoms with Crippen molar-refractivity contribution in [1.29, 1.82) is 0 Å². The molecule has 1 amide bonds. The zero-order valence-electron chi connectivity index (χ0n) is 15.6. The van der Waals surface area contributed by atoms with E-state index in [0.29, 0.717) is 30.0 Å². The molecule has 2 aromatic carbocycles. The van der Waals surface area contributed by atoms with Crippen molar-refractivity contribution in [2.45, 2.75) is 13.0 Å². The van der Waals surface area contributed by atoms with E-state index in [9.17, 15) is 9.18 Å². The van der Waals surface area contributed by atoms with Crippen molar-refractivity contribution in [1.82, 2.24) is 10.3 Å². The Morgan fingerprint density at radius 2 is 1.89 bits per heavy atom. The van der Waals surface area contributed by atoms with Crippen molar-refractivity contribution in [3.63, 3.8) is 0 Å². The summed E-state index contributed by atoms with van der Waals surface area (Å²) in [5.41, 5.74) is 2.16. The average molecular weight is 379 g/mol. The van der Waals surface area contributed by atoms with E-state index < -0.39 is 0 Å². The van der Waals surface area contributed by atoms with Crippen LogP contribution in [0.1, 0.15) is 21.5 Å². The zero-order valence-corrected chi connectivity index (χ0v) is 15.6. The highest BCUT2D eigenvalue weighted by Gasteiger charge is 2.07. The maximum Gasteiger partial charge on any atom is 0.251 e. The number of ether oxygens (including phenoxy) is 1. The van der Waals surface area contributed by atoms with Crippen LogP contribution in [-0.2, 0) is 13.0 Å². The molecule has 2 N–H and O–H groups in total. The van der Waals surface area contributed by atoms with Gasteiger partial charge in [0.25, 0.3) is 5.91 Å². The van der Waals surface area contributed by atoms with Crippen LogP contribution in [0.15, 0.2) is 66.9 Å². The molecule has 0 radical (unpaired) electrons. The zero-order chi connectivity index (χ0) is 19.8.